The van der Waals surface area contributed by atoms with Gasteiger partial charge in [0.05, 0.1) is 4.90 Å². The first-order valence-corrected chi connectivity index (χ1v) is 10.5. The predicted molar refractivity (Wildman–Crippen MR) is 112 cm³/mol. The largest absolute Gasteiger partial charge is 0.483 e. The second-order valence-electron chi connectivity index (χ2n) is 6.57. The summed E-state index contributed by atoms with van der Waals surface area (Å²) in [7, 11) is -3.88. The van der Waals surface area contributed by atoms with Crippen LogP contribution in [-0.4, -0.2) is 20.9 Å². The number of hydrogen-bond acceptors (Lipinski definition) is 4. The van der Waals surface area contributed by atoms with Crippen LogP contribution in [0.2, 0.25) is 0 Å². The van der Waals surface area contributed by atoms with Gasteiger partial charge in [-0.3, -0.25) is 10.2 Å². The highest BCUT2D eigenvalue weighted by molar-refractivity contribution is 7.89. The highest BCUT2D eigenvalue weighted by Crippen LogP contribution is 2.29. The highest BCUT2D eigenvalue weighted by Gasteiger charge is 2.18. The van der Waals surface area contributed by atoms with Gasteiger partial charge in [-0.05, 0) is 42.7 Å². The SMILES string of the molecule is Cc1ccc(C)c(S(=O)(=O)NNC(=O)COc2ccccc2-c2ccccc2)c1. The number of hydrazine groups is 1. The lowest BCUT2D eigenvalue weighted by Crippen LogP contribution is -2.43. The molecule has 3 aromatic carbocycles. The van der Waals surface area contributed by atoms with Crippen molar-refractivity contribution < 1.29 is 17.9 Å². The topological polar surface area (TPSA) is 84.5 Å². The number of carbonyl (C=O) groups excluding carboxylic acids is 1. The maximum Gasteiger partial charge on any atom is 0.272 e. The van der Waals surface area contributed by atoms with Crippen LogP contribution in [0.5, 0.6) is 5.75 Å². The molecule has 0 bridgehead atoms. The Labute approximate surface area is 170 Å². The molecule has 0 aliphatic rings. The van der Waals surface area contributed by atoms with Gasteiger partial charge in [0.15, 0.2) is 6.61 Å². The number of para-hydroxylation sites is 1. The van der Waals surface area contributed by atoms with Crippen molar-refractivity contribution in [1.82, 2.24) is 10.3 Å². The van der Waals surface area contributed by atoms with Crippen LogP contribution in [-0.2, 0) is 14.8 Å². The zero-order valence-corrected chi connectivity index (χ0v) is 17.0. The fourth-order valence-electron chi connectivity index (χ4n) is 2.80. The molecule has 0 unspecified atom stereocenters. The molecule has 0 aliphatic carbocycles. The Morgan fingerprint density at radius 1 is 0.931 bits per heavy atom. The summed E-state index contributed by atoms with van der Waals surface area (Å²) in [5, 5.41) is 0. The Bertz CT molecular complexity index is 1110. The van der Waals surface area contributed by atoms with Gasteiger partial charge in [-0.15, -0.1) is 4.83 Å². The van der Waals surface area contributed by atoms with E-state index < -0.39 is 15.9 Å². The van der Waals surface area contributed by atoms with E-state index in [1.807, 2.05) is 54.6 Å². The van der Waals surface area contributed by atoms with E-state index in [4.69, 9.17) is 4.74 Å². The molecule has 0 aliphatic heterocycles. The normalized spacial score (nSPS) is 11.1. The number of sulfonamides is 1. The highest BCUT2D eigenvalue weighted by atomic mass is 32.2. The summed E-state index contributed by atoms with van der Waals surface area (Å²) in [6.07, 6.45) is 0. The Kier molecular flexibility index (Phi) is 6.31. The summed E-state index contributed by atoms with van der Waals surface area (Å²) in [6, 6.07) is 22.1. The smallest absolute Gasteiger partial charge is 0.272 e. The van der Waals surface area contributed by atoms with E-state index in [2.05, 4.69) is 10.3 Å². The van der Waals surface area contributed by atoms with Gasteiger partial charge in [0, 0.05) is 5.56 Å². The molecule has 150 valence electrons. The van der Waals surface area contributed by atoms with Crippen LogP contribution in [0.1, 0.15) is 11.1 Å². The van der Waals surface area contributed by atoms with E-state index >= 15 is 0 Å². The molecule has 0 saturated carbocycles. The van der Waals surface area contributed by atoms with Gasteiger partial charge in [0.2, 0.25) is 0 Å². The number of carbonyl (C=O) groups is 1. The monoisotopic (exact) mass is 410 g/mol. The summed E-state index contributed by atoms with van der Waals surface area (Å²) in [5.41, 5.74) is 5.39. The van der Waals surface area contributed by atoms with Crippen molar-refractivity contribution in [3.63, 3.8) is 0 Å². The fraction of sp³-hybridized carbons (Fsp3) is 0.136. The summed E-state index contributed by atoms with van der Waals surface area (Å²) in [5.74, 6) is -0.0759. The molecule has 0 spiro atoms. The Morgan fingerprint density at radius 2 is 1.62 bits per heavy atom. The van der Waals surface area contributed by atoms with Crippen molar-refractivity contribution in [2.24, 2.45) is 0 Å². The van der Waals surface area contributed by atoms with Crippen molar-refractivity contribution in [3.8, 4) is 16.9 Å². The summed E-state index contributed by atoms with van der Waals surface area (Å²) >= 11 is 0. The van der Waals surface area contributed by atoms with E-state index in [-0.39, 0.29) is 11.5 Å². The molecular weight excluding hydrogens is 388 g/mol. The quantitative estimate of drug-likeness (QED) is 0.585. The standard InChI is InChI=1S/C22H22N2O4S/c1-16-12-13-17(2)21(14-16)29(26,27)24-23-22(25)15-28-20-11-7-6-10-19(20)18-8-4-3-5-9-18/h3-14,24H,15H2,1-2H3,(H,23,25). The minimum atomic E-state index is -3.88. The number of hydrogen-bond donors (Lipinski definition) is 2. The number of aryl methyl sites for hydroxylation is 2. The molecule has 3 aromatic rings. The van der Waals surface area contributed by atoms with Crippen molar-refractivity contribution in [2.45, 2.75) is 18.7 Å². The van der Waals surface area contributed by atoms with Gasteiger partial charge in [0.1, 0.15) is 5.75 Å². The van der Waals surface area contributed by atoms with Gasteiger partial charge in [-0.2, -0.15) is 0 Å². The van der Waals surface area contributed by atoms with Crippen molar-refractivity contribution in [3.05, 3.63) is 83.9 Å². The molecule has 6 nitrogen and oxygen atoms in total. The Balaban J connectivity index is 1.63. The van der Waals surface area contributed by atoms with E-state index in [1.165, 1.54) is 0 Å². The average Bonchev–Trinajstić information content (AvgIpc) is 2.73. The first kappa shape index (κ1) is 20.6. The number of amides is 1. The fourth-order valence-corrected chi connectivity index (χ4v) is 4.00. The lowest BCUT2D eigenvalue weighted by atomic mass is 10.1. The third kappa shape index (κ3) is 5.22. The van der Waals surface area contributed by atoms with Gasteiger partial charge in [-0.25, -0.2) is 8.42 Å². The Morgan fingerprint density at radius 3 is 2.38 bits per heavy atom. The van der Waals surface area contributed by atoms with Crippen LogP contribution >= 0.6 is 0 Å². The lowest BCUT2D eigenvalue weighted by Gasteiger charge is -2.13. The summed E-state index contributed by atoms with van der Waals surface area (Å²) in [4.78, 5) is 14.4. The molecule has 0 radical (unpaired) electrons. The number of nitrogens with one attached hydrogen (secondary N) is 2. The molecule has 1 amide bonds. The van der Waals surface area contributed by atoms with E-state index in [0.717, 1.165) is 16.7 Å². The van der Waals surface area contributed by atoms with Gasteiger partial charge in [0.25, 0.3) is 15.9 Å². The molecular formula is C22H22N2O4S. The first-order chi connectivity index (χ1) is 13.9. The van der Waals surface area contributed by atoms with Gasteiger partial charge < -0.3 is 4.74 Å². The lowest BCUT2D eigenvalue weighted by molar-refractivity contribution is -0.123. The van der Waals surface area contributed by atoms with Crippen molar-refractivity contribution in [1.29, 1.82) is 0 Å². The first-order valence-electron chi connectivity index (χ1n) is 9.02. The van der Waals surface area contributed by atoms with Gasteiger partial charge in [-0.1, -0.05) is 60.7 Å². The number of rotatable bonds is 7. The van der Waals surface area contributed by atoms with Crippen LogP contribution in [0, 0.1) is 13.8 Å². The van der Waals surface area contributed by atoms with E-state index in [9.17, 15) is 13.2 Å². The zero-order chi connectivity index (χ0) is 20.9. The second kappa shape index (κ2) is 8.89. The maximum atomic E-state index is 12.5. The number of benzene rings is 3. The average molecular weight is 410 g/mol. The molecule has 0 saturated heterocycles. The number of ether oxygens (including phenoxy) is 1. The van der Waals surface area contributed by atoms with Crippen LogP contribution in [0.15, 0.2) is 77.7 Å². The molecule has 2 N–H and O–H groups in total. The van der Waals surface area contributed by atoms with Crippen LogP contribution in [0.25, 0.3) is 11.1 Å². The van der Waals surface area contributed by atoms with Crippen LogP contribution < -0.4 is 15.0 Å². The molecule has 3 rings (SSSR count). The van der Waals surface area contributed by atoms with Crippen LogP contribution in [0.3, 0.4) is 0 Å². The second-order valence-corrected chi connectivity index (χ2v) is 8.22. The zero-order valence-electron chi connectivity index (χ0n) is 16.2. The Hall–Kier alpha value is -3.16. The minimum Gasteiger partial charge on any atom is -0.483 e. The third-order valence-corrected chi connectivity index (χ3v) is 5.68. The van der Waals surface area contributed by atoms with E-state index in [1.54, 1.807) is 32.0 Å². The van der Waals surface area contributed by atoms with Crippen molar-refractivity contribution >= 4 is 15.9 Å². The third-order valence-electron chi connectivity index (χ3n) is 4.29. The molecule has 7 heteroatoms. The predicted octanol–water partition coefficient (Wildman–Crippen LogP) is 3.36. The van der Waals surface area contributed by atoms with Crippen LogP contribution in [0.4, 0.5) is 0 Å². The molecule has 0 heterocycles. The van der Waals surface area contributed by atoms with Crippen molar-refractivity contribution in [2.75, 3.05) is 6.61 Å². The molecule has 29 heavy (non-hydrogen) atoms. The molecule has 0 aromatic heterocycles. The minimum absolute atomic E-state index is 0.119. The summed E-state index contributed by atoms with van der Waals surface area (Å²) < 4.78 is 30.5. The molecule has 0 fully saturated rings. The summed E-state index contributed by atoms with van der Waals surface area (Å²) in [6.45, 7) is 3.16. The maximum absolute atomic E-state index is 12.5. The van der Waals surface area contributed by atoms with E-state index in [0.29, 0.717) is 11.3 Å². The molecule has 0 atom stereocenters. The van der Waals surface area contributed by atoms with Gasteiger partial charge >= 0.3 is 0 Å².